The van der Waals surface area contributed by atoms with Gasteiger partial charge >= 0.3 is 0 Å². The third-order valence-corrected chi connectivity index (χ3v) is 5.66. The zero-order chi connectivity index (χ0) is 22.1. The van der Waals surface area contributed by atoms with Crippen molar-refractivity contribution < 1.29 is 14.3 Å². The zero-order valence-electron chi connectivity index (χ0n) is 17.4. The van der Waals surface area contributed by atoms with Crippen LogP contribution in [0.4, 0.5) is 11.4 Å². The third kappa shape index (κ3) is 4.00. The number of pyridine rings is 1. The summed E-state index contributed by atoms with van der Waals surface area (Å²) in [5.41, 5.74) is 10.1. The van der Waals surface area contributed by atoms with Gasteiger partial charge in [0.1, 0.15) is 5.71 Å². The number of nitrogens with two attached hydrogens (primary N) is 1. The number of benzene rings is 2. The molecule has 1 fully saturated rings. The third-order valence-electron chi connectivity index (χ3n) is 5.66. The van der Waals surface area contributed by atoms with Crippen LogP contribution in [0, 0.1) is 5.41 Å². The Morgan fingerprint density at radius 2 is 1.91 bits per heavy atom. The molecule has 0 radical (unpaired) electrons. The maximum Gasteiger partial charge on any atom is 0.274 e. The standard InChI is InChI=1S/C24H23N5O3/c25-20-4-2-16(17-8-15(11-27-12-17)13-29-6-1-7-29)9-19(20)23(26)24(30)28-18-3-5-21-22(10-18)32-14-31-21/h2-5,8-12,26H,1,6-7,13-14,25H2,(H,28,30). The van der Waals surface area contributed by atoms with E-state index in [1.165, 1.54) is 6.42 Å². The fourth-order valence-electron chi connectivity index (χ4n) is 3.77. The number of carbonyl (C=O) groups is 1. The second-order valence-electron chi connectivity index (χ2n) is 7.91. The minimum atomic E-state index is -0.558. The van der Waals surface area contributed by atoms with Crippen molar-refractivity contribution in [1.29, 1.82) is 5.41 Å². The van der Waals surface area contributed by atoms with Gasteiger partial charge in [-0.2, -0.15) is 0 Å². The molecule has 0 unspecified atom stereocenters. The average molecular weight is 429 g/mol. The Morgan fingerprint density at radius 3 is 2.72 bits per heavy atom. The first kappa shape index (κ1) is 20.0. The van der Waals surface area contributed by atoms with Gasteiger partial charge in [0, 0.05) is 47.5 Å². The summed E-state index contributed by atoms with van der Waals surface area (Å²) in [6.07, 6.45) is 4.90. The van der Waals surface area contributed by atoms with Gasteiger partial charge in [0.15, 0.2) is 11.5 Å². The van der Waals surface area contributed by atoms with Crippen LogP contribution in [0.15, 0.2) is 54.9 Å². The summed E-state index contributed by atoms with van der Waals surface area (Å²) in [6.45, 7) is 3.26. The molecule has 32 heavy (non-hydrogen) atoms. The number of amides is 1. The van der Waals surface area contributed by atoms with Gasteiger partial charge in [0.05, 0.1) is 0 Å². The second-order valence-corrected chi connectivity index (χ2v) is 7.91. The molecule has 0 saturated carbocycles. The monoisotopic (exact) mass is 429 g/mol. The number of hydrogen-bond acceptors (Lipinski definition) is 7. The topological polar surface area (TPSA) is 114 Å². The van der Waals surface area contributed by atoms with Gasteiger partial charge < -0.3 is 20.5 Å². The Balaban J connectivity index is 1.35. The summed E-state index contributed by atoms with van der Waals surface area (Å²) in [7, 11) is 0. The van der Waals surface area contributed by atoms with Crippen molar-refractivity contribution in [3.8, 4) is 22.6 Å². The summed E-state index contributed by atoms with van der Waals surface area (Å²) < 4.78 is 10.6. The molecular formula is C24H23N5O3. The van der Waals surface area contributed by atoms with Crippen molar-refractivity contribution in [2.75, 3.05) is 30.9 Å². The van der Waals surface area contributed by atoms with E-state index in [2.05, 4.69) is 21.3 Å². The lowest BCUT2D eigenvalue weighted by atomic mass is 9.99. The second kappa shape index (κ2) is 8.32. The number of carbonyl (C=O) groups excluding carboxylic acids is 1. The highest BCUT2D eigenvalue weighted by molar-refractivity contribution is 6.48. The molecule has 2 aromatic carbocycles. The lowest BCUT2D eigenvalue weighted by Crippen LogP contribution is -2.36. The van der Waals surface area contributed by atoms with Crippen LogP contribution in [0.1, 0.15) is 17.5 Å². The quantitative estimate of drug-likeness (QED) is 0.409. The van der Waals surface area contributed by atoms with Gasteiger partial charge in [-0.3, -0.25) is 20.1 Å². The van der Waals surface area contributed by atoms with E-state index >= 15 is 0 Å². The van der Waals surface area contributed by atoms with E-state index in [-0.39, 0.29) is 12.5 Å². The van der Waals surface area contributed by atoms with E-state index in [0.717, 1.165) is 36.3 Å². The maximum absolute atomic E-state index is 12.7. The summed E-state index contributed by atoms with van der Waals surface area (Å²) in [6, 6.07) is 12.5. The van der Waals surface area contributed by atoms with E-state index in [9.17, 15) is 4.79 Å². The molecular weight excluding hydrogens is 406 g/mol. The molecule has 1 saturated heterocycles. The van der Waals surface area contributed by atoms with Crippen molar-refractivity contribution in [3.63, 3.8) is 0 Å². The molecule has 1 aromatic heterocycles. The highest BCUT2D eigenvalue weighted by Gasteiger charge is 2.19. The number of likely N-dealkylation sites (tertiary alicyclic amines) is 1. The van der Waals surface area contributed by atoms with Crippen LogP contribution >= 0.6 is 0 Å². The maximum atomic E-state index is 12.7. The fraction of sp³-hybridized carbons (Fsp3) is 0.208. The number of ether oxygens (including phenoxy) is 2. The minimum absolute atomic E-state index is 0.153. The van der Waals surface area contributed by atoms with Crippen molar-refractivity contribution in [2.24, 2.45) is 0 Å². The Kier molecular flexibility index (Phi) is 5.20. The van der Waals surface area contributed by atoms with Gasteiger partial charge in [-0.25, -0.2) is 0 Å². The highest BCUT2D eigenvalue weighted by Crippen LogP contribution is 2.34. The first-order valence-corrected chi connectivity index (χ1v) is 10.4. The van der Waals surface area contributed by atoms with Gasteiger partial charge in [0.25, 0.3) is 5.91 Å². The predicted molar refractivity (Wildman–Crippen MR) is 122 cm³/mol. The first-order chi connectivity index (χ1) is 15.6. The van der Waals surface area contributed by atoms with Crippen molar-refractivity contribution in [3.05, 3.63) is 66.0 Å². The van der Waals surface area contributed by atoms with Crippen LogP contribution in [-0.2, 0) is 11.3 Å². The zero-order valence-corrected chi connectivity index (χ0v) is 17.4. The number of nitrogens with zero attached hydrogens (tertiary/aromatic N) is 2. The Bertz CT molecular complexity index is 1210. The molecule has 4 N–H and O–H groups in total. The fourth-order valence-corrected chi connectivity index (χ4v) is 3.77. The molecule has 8 heteroatoms. The van der Waals surface area contributed by atoms with E-state index in [4.69, 9.17) is 20.6 Å². The molecule has 2 aliphatic rings. The Labute approximate surface area is 185 Å². The summed E-state index contributed by atoms with van der Waals surface area (Å²) in [5.74, 6) is 0.624. The largest absolute Gasteiger partial charge is 0.454 e. The molecule has 8 nitrogen and oxygen atoms in total. The smallest absolute Gasteiger partial charge is 0.274 e. The lowest BCUT2D eigenvalue weighted by molar-refractivity contribution is -0.110. The number of nitrogen functional groups attached to an aromatic ring is 1. The number of rotatable bonds is 6. The van der Waals surface area contributed by atoms with Crippen LogP contribution in [0.25, 0.3) is 11.1 Å². The van der Waals surface area contributed by atoms with Gasteiger partial charge in [0.2, 0.25) is 6.79 Å². The molecule has 1 amide bonds. The van der Waals surface area contributed by atoms with Crippen LogP contribution in [-0.4, -0.2) is 41.4 Å². The van der Waals surface area contributed by atoms with Gasteiger partial charge in [-0.15, -0.1) is 0 Å². The molecule has 0 atom stereocenters. The Morgan fingerprint density at radius 1 is 1.06 bits per heavy atom. The Hall–Kier alpha value is -3.91. The molecule has 3 aromatic rings. The van der Waals surface area contributed by atoms with Gasteiger partial charge in [-0.1, -0.05) is 6.07 Å². The summed E-state index contributed by atoms with van der Waals surface area (Å²) in [5, 5.41) is 11.2. The molecule has 162 valence electrons. The minimum Gasteiger partial charge on any atom is -0.454 e. The van der Waals surface area contributed by atoms with Crippen molar-refractivity contribution in [1.82, 2.24) is 9.88 Å². The van der Waals surface area contributed by atoms with Crippen LogP contribution in [0.5, 0.6) is 11.5 Å². The summed E-state index contributed by atoms with van der Waals surface area (Å²) >= 11 is 0. The SMILES string of the molecule is N=C(C(=O)Nc1ccc2c(c1)OCO2)c1cc(-c2cncc(CN3CCC3)c2)ccc1N. The van der Waals surface area contributed by atoms with E-state index < -0.39 is 5.91 Å². The first-order valence-electron chi connectivity index (χ1n) is 10.4. The number of fused-ring (bicyclic) bond motifs is 1. The van der Waals surface area contributed by atoms with Crippen LogP contribution in [0.3, 0.4) is 0 Å². The molecule has 0 aliphatic carbocycles. The molecule has 2 aliphatic heterocycles. The van der Waals surface area contributed by atoms with Gasteiger partial charge in [-0.05, 0) is 61.0 Å². The summed E-state index contributed by atoms with van der Waals surface area (Å²) in [4.78, 5) is 19.5. The van der Waals surface area contributed by atoms with Crippen molar-refractivity contribution >= 4 is 23.0 Å². The molecule has 0 bridgehead atoms. The van der Waals surface area contributed by atoms with Crippen LogP contribution in [0.2, 0.25) is 0 Å². The average Bonchev–Trinajstić information content (AvgIpc) is 3.24. The highest BCUT2D eigenvalue weighted by atomic mass is 16.7. The number of nitrogens with one attached hydrogen (secondary N) is 2. The molecule has 3 heterocycles. The van der Waals surface area contributed by atoms with Crippen LogP contribution < -0.4 is 20.5 Å². The predicted octanol–water partition coefficient (Wildman–Crippen LogP) is 3.27. The lowest BCUT2D eigenvalue weighted by Gasteiger charge is -2.30. The normalized spacial score (nSPS) is 14.6. The van der Waals surface area contributed by atoms with E-state index in [0.29, 0.717) is 28.4 Å². The number of hydrogen-bond donors (Lipinski definition) is 3. The van der Waals surface area contributed by atoms with E-state index in [1.807, 2.05) is 12.3 Å². The molecule has 5 rings (SSSR count). The van der Waals surface area contributed by atoms with E-state index in [1.54, 1.807) is 36.5 Å². The van der Waals surface area contributed by atoms with Crippen molar-refractivity contribution in [2.45, 2.75) is 13.0 Å². The number of anilines is 2. The molecule has 0 spiro atoms. The number of aromatic nitrogens is 1.